The van der Waals surface area contributed by atoms with Crippen molar-refractivity contribution in [2.75, 3.05) is 0 Å². The minimum atomic E-state index is -0.473. The second-order valence-corrected chi connectivity index (χ2v) is 4.48. The number of benzene rings is 2. The van der Waals surface area contributed by atoms with Gasteiger partial charge in [0.15, 0.2) is 0 Å². The summed E-state index contributed by atoms with van der Waals surface area (Å²) in [6.07, 6.45) is 0. The fourth-order valence-corrected chi connectivity index (χ4v) is 2.04. The van der Waals surface area contributed by atoms with Crippen molar-refractivity contribution in [3.05, 3.63) is 63.4 Å². The third kappa shape index (κ3) is 2.64. The van der Waals surface area contributed by atoms with Gasteiger partial charge in [0.05, 0.1) is 5.02 Å². The van der Waals surface area contributed by atoms with E-state index in [1.54, 1.807) is 6.07 Å². The van der Waals surface area contributed by atoms with Crippen molar-refractivity contribution < 1.29 is 14.7 Å². The number of oxime groups is 1. The van der Waals surface area contributed by atoms with Crippen molar-refractivity contribution >= 4 is 28.9 Å². The van der Waals surface area contributed by atoms with Crippen molar-refractivity contribution in [2.45, 2.75) is 0 Å². The molecule has 0 spiro atoms. The molecule has 3 nitrogen and oxygen atoms in total. The van der Waals surface area contributed by atoms with Gasteiger partial charge >= 0.3 is 0 Å². The Balaban J connectivity index is 2.59. The molecule has 2 aromatic carbocycles. The van der Waals surface area contributed by atoms with Gasteiger partial charge in [-0.2, -0.15) is 0 Å². The van der Waals surface area contributed by atoms with Gasteiger partial charge in [-0.05, 0) is 24.3 Å². The van der Waals surface area contributed by atoms with Crippen LogP contribution in [0.2, 0.25) is 10.0 Å². The molecule has 19 heavy (non-hydrogen) atoms. The molecule has 0 heterocycles. The first-order valence-corrected chi connectivity index (χ1v) is 5.95. The Hall–Kier alpha value is -1.78. The van der Waals surface area contributed by atoms with Gasteiger partial charge in [-0.1, -0.05) is 40.5 Å². The van der Waals surface area contributed by atoms with Gasteiger partial charge < -0.3 is 10.3 Å². The lowest BCUT2D eigenvalue weighted by Gasteiger charge is -2.09. The molecular weight excluding hydrogens is 292 g/mol. The smallest absolute Gasteiger partial charge is 0.135 e. The zero-order chi connectivity index (χ0) is 14.0. The Morgan fingerprint density at radius 2 is 1.84 bits per heavy atom. The van der Waals surface area contributed by atoms with E-state index in [1.807, 2.05) is 0 Å². The van der Waals surface area contributed by atoms with E-state index in [0.29, 0.717) is 5.56 Å². The van der Waals surface area contributed by atoms with E-state index < -0.39 is 5.82 Å². The summed E-state index contributed by atoms with van der Waals surface area (Å²) < 4.78 is 13.2. The van der Waals surface area contributed by atoms with Crippen LogP contribution in [0.3, 0.4) is 0 Å². The maximum absolute atomic E-state index is 13.2. The molecule has 0 saturated heterocycles. The molecule has 0 aromatic heterocycles. The summed E-state index contributed by atoms with van der Waals surface area (Å²) in [5, 5.41) is 21.6. The van der Waals surface area contributed by atoms with Gasteiger partial charge in [0, 0.05) is 11.1 Å². The number of hydrogen-bond donors (Lipinski definition) is 2. The highest BCUT2D eigenvalue weighted by Crippen LogP contribution is 2.34. The van der Waals surface area contributed by atoms with Crippen LogP contribution in [0.15, 0.2) is 41.6 Å². The van der Waals surface area contributed by atoms with Gasteiger partial charge in [0.1, 0.15) is 22.3 Å². The Labute approximate surface area is 118 Å². The molecule has 0 bridgehead atoms. The van der Waals surface area contributed by atoms with E-state index in [2.05, 4.69) is 5.16 Å². The van der Waals surface area contributed by atoms with Crippen LogP contribution in [0.1, 0.15) is 11.1 Å². The number of rotatable bonds is 2. The molecule has 0 radical (unpaired) electrons. The van der Waals surface area contributed by atoms with Gasteiger partial charge in [0.25, 0.3) is 0 Å². The number of phenolic OH excluding ortho intramolecular Hbond substituents is 1. The predicted molar refractivity (Wildman–Crippen MR) is 72.0 cm³/mol. The lowest BCUT2D eigenvalue weighted by Crippen LogP contribution is -2.05. The zero-order valence-corrected chi connectivity index (χ0v) is 11.0. The molecule has 0 fully saturated rings. The van der Waals surface area contributed by atoms with E-state index in [0.717, 1.165) is 0 Å². The van der Waals surface area contributed by atoms with E-state index in [4.69, 9.17) is 28.4 Å². The number of hydrogen-bond acceptors (Lipinski definition) is 3. The molecule has 0 atom stereocenters. The lowest BCUT2D eigenvalue weighted by molar-refractivity contribution is 0.319. The van der Waals surface area contributed by atoms with Crippen LogP contribution in [0, 0.1) is 5.82 Å². The highest BCUT2D eigenvalue weighted by molar-refractivity contribution is 6.45. The minimum absolute atomic E-state index is 0.0266. The number of nitrogens with zero attached hydrogens (tertiary/aromatic N) is 1. The van der Waals surface area contributed by atoms with Crippen molar-refractivity contribution in [2.24, 2.45) is 5.16 Å². The highest BCUT2D eigenvalue weighted by atomic mass is 35.5. The maximum Gasteiger partial charge on any atom is 0.135 e. The highest BCUT2D eigenvalue weighted by Gasteiger charge is 2.16. The van der Waals surface area contributed by atoms with Gasteiger partial charge in [0.2, 0.25) is 0 Å². The summed E-state index contributed by atoms with van der Waals surface area (Å²) in [7, 11) is 0. The predicted octanol–water partition coefficient (Wildman–Crippen LogP) is 4.06. The SMILES string of the molecule is ON=C(c1cccc(F)c1)c1ccc(O)c(Cl)c1Cl. The maximum atomic E-state index is 13.2. The fourth-order valence-electron chi connectivity index (χ4n) is 1.63. The molecule has 0 amide bonds. The standard InChI is InChI=1S/C13H8Cl2FNO2/c14-11-9(4-5-10(18)12(11)15)13(17-19)7-2-1-3-8(16)6-7/h1-6,18-19H. The average Bonchev–Trinajstić information content (AvgIpc) is 2.40. The van der Waals surface area contributed by atoms with Gasteiger partial charge in [-0.3, -0.25) is 0 Å². The lowest BCUT2D eigenvalue weighted by atomic mass is 10.0. The molecule has 2 rings (SSSR count). The largest absolute Gasteiger partial charge is 0.506 e. The Bertz CT molecular complexity index is 659. The summed E-state index contributed by atoms with van der Waals surface area (Å²) in [6.45, 7) is 0. The first-order valence-electron chi connectivity index (χ1n) is 5.20. The molecule has 2 N–H and O–H groups in total. The van der Waals surface area contributed by atoms with E-state index >= 15 is 0 Å². The number of phenols is 1. The van der Waals surface area contributed by atoms with Crippen molar-refractivity contribution in [3.63, 3.8) is 0 Å². The van der Waals surface area contributed by atoms with Crippen LogP contribution in [-0.4, -0.2) is 16.0 Å². The zero-order valence-electron chi connectivity index (χ0n) is 9.44. The molecule has 6 heteroatoms. The van der Waals surface area contributed by atoms with Gasteiger partial charge in [-0.25, -0.2) is 4.39 Å². The Kier molecular flexibility index (Phi) is 3.93. The molecule has 0 aliphatic heterocycles. The summed E-state index contributed by atoms with van der Waals surface area (Å²) in [5.74, 6) is -0.661. The van der Waals surface area contributed by atoms with Crippen LogP contribution in [0.25, 0.3) is 0 Å². The van der Waals surface area contributed by atoms with Crippen LogP contribution in [-0.2, 0) is 0 Å². The molecule has 0 aliphatic carbocycles. The summed E-state index contributed by atoms with van der Waals surface area (Å²) in [4.78, 5) is 0. The average molecular weight is 300 g/mol. The van der Waals surface area contributed by atoms with Gasteiger partial charge in [-0.15, -0.1) is 0 Å². The quantitative estimate of drug-likeness (QED) is 0.499. The summed E-state index contributed by atoms with van der Waals surface area (Å²) >= 11 is 11.8. The Morgan fingerprint density at radius 1 is 1.11 bits per heavy atom. The monoisotopic (exact) mass is 299 g/mol. The molecule has 0 unspecified atom stereocenters. The second-order valence-electron chi connectivity index (χ2n) is 3.72. The molecular formula is C13H8Cl2FNO2. The van der Waals surface area contributed by atoms with Crippen molar-refractivity contribution in [1.82, 2.24) is 0 Å². The van der Waals surface area contributed by atoms with Crippen molar-refractivity contribution in [3.8, 4) is 5.75 Å². The van der Waals surface area contributed by atoms with E-state index in [-0.39, 0.29) is 27.1 Å². The summed E-state index contributed by atoms with van der Waals surface area (Å²) in [5.41, 5.74) is 0.690. The van der Waals surface area contributed by atoms with Crippen molar-refractivity contribution in [1.29, 1.82) is 0 Å². The van der Waals surface area contributed by atoms with E-state index in [9.17, 15) is 9.50 Å². The third-order valence-electron chi connectivity index (χ3n) is 2.52. The minimum Gasteiger partial charge on any atom is -0.506 e. The normalized spacial score (nSPS) is 11.6. The molecule has 2 aromatic rings. The first kappa shape index (κ1) is 13.6. The topological polar surface area (TPSA) is 52.8 Å². The van der Waals surface area contributed by atoms with Crippen LogP contribution in [0.5, 0.6) is 5.75 Å². The van der Waals surface area contributed by atoms with Crippen LogP contribution in [0.4, 0.5) is 4.39 Å². The molecule has 98 valence electrons. The number of halogens is 3. The first-order chi connectivity index (χ1) is 9.04. The molecule has 0 saturated carbocycles. The molecule has 0 aliphatic rings. The fraction of sp³-hybridized carbons (Fsp3) is 0. The van der Waals surface area contributed by atoms with Crippen LogP contribution >= 0.6 is 23.2 Å². The second kappa shape index (κ2) is 5.47. The number of aromatic hydroxyl groups is 1. The summed E-state index contributed by atoms with van der Waals surface area (Å²) in [6, 6.07) is 8.26. The Morgan fingerprint density at radius 3 is 2.47 bits per heavy atom. The third-order valence-corrected chi connectivity index (χ3v) is 3.39. The van der Waals surface area contributed by atoms with E-state index in [1.165, 1.54) is 30.3 Å². The van der Waals surface area contributed by atoms with Crippen LogP contribution < -0.4 is 0 Å².